The summed E-state index contributed by atoms with van der Waals surface area (Å²) in [7, 11) is 0. The van der Waals surface area contributed by atoms with Gasteiger partial charge in [0.25, 0.3) is 5.91 Å². The molecule has 0 aliphatic rings. The van der Waals surface area contributed by atoms with E-state index in [4.69, 9.17) is 9.47 Å². The molecule has 1 rings (SSSR count). The monoisotopic (exact) mass is 350 g/mol. The van der Waals surface area contributed by atoms with Crippen molar-refractivity contribution in [1.29, 1.82) is 0 Å². The Morgan fingerprint density at radius 1 is 1.00 bits per heavy atom. The summed E-state index contributed by atoms with van der Waals surface area (Å²) in [5.41, 5.74) is 1.18. The molecule has 0 aromatic heterocycles. The molecule has 25 heavy (non-hydrogen) atoms. The van der Waals surface area contributed by atoms with Gasteiger partial charge >= 0.3 is 5.97 Å². The minimum Gasteiger partial charge on any atom is -0.484 e. The molecule has 0 spiro atoms. The molecule has 0 heterocycles. The van der Waals surface area contributed by atoms with Crippen LogP contribution in [-0.4, -0.2) is 43.1 Å². The van der Waals surface area contributed by atoms with Crippen molar-refractivity contribution >= 4 is 17.8 Å². The number of hydrogen-bond donors (Lipinski definition) is 2. The van der Waals surface area contributed by atoms with Crippen molar-refractivity contribution in [3.05, 3.63) is 29.8 Å². The lowest BCUT2D eigenvalue weighted by Gasteiger charge is -2.17. The summed E-state index contributed by atoms with van der Waals surface area (Å²) in [6, 6.07) is 5.88. The lowest BCUT2D eigenvalue weighted by atomic mass is 10.2. The molecule has 0 saturated heterocycles. The van der Waals surface area contributed by atoms with Gasteiger partial charge < -0.3 is 20.1 Å². The van der Waals surface area contributed by atoms with Crippen LogP contribution in [0.3, 0.4) is 0 Å². The number of carbonyl (C=O) groups is 3. The molecule has 2 unspecified atom stereocenters. The highest BCUT2D eigenvalue weighted by molar-refractivity contribution is 5.90. The van der Waals surface area contributed by atoms with Crippen molar-refractivity contribution < 1.29 is 23.9 Å². The van der Waals surface area contributed by atoms with Crippen LogP contribution in [0.15, 0.2) is 24.3 Å². The van der Waals surface area contributed by atoms with Crippen molar-refractivity contribution in [3.8, 4) is 5.75 Å². The van der Waals surface area contributed by atoms with E-state index in [9.17, 15) is 14.4 Å². The normalized spacial score (nSPS) is 12.6. The lowest BCUT2D eigenvalue weighted by Crippen LogP contribution is -2.50. The third kappa shape index (κ3) is 7.24. The second kappa shape index (κ2) is 10.3. The molecular formula is C18H26N2O5. The fraction of sp³-hybridized carbons (Fsp3) is 0.500. The van der Waals surface area contributed by atoms with E-state index < -0.39 is 29.9 Å². The second-order valence-electron chi connectivity index (χ2n) is 5.56. The number of nitrogens with one attached hydrogen (secondary N) is 2. The van der Waals surface area contributed by atoms with E-state index >= 15 is 0 Å². The molecule has 2 N–H and O–H groups in total. The number of hydrogen-bond acceptors (Lipinski definition) is 5. The van der Waals surface area contributed by atoms with Gasteiger partial charge in [0, 0.05) is 0 Å². The second-order valence-corrected chi connectivity index (χ2v) is 5.56. The number of esters is 1. The summed E-state index contributed by atoms with van der Waals surface area (Å²) in [4.78, 5) is 35.3. The van der Waals surface area contributed by atoms with Gasteiger partial charge in [-0.25, -0.2) is 4.79 Å². The van der Waals surface area contributed by atoms with Crippen LogP contribution in [-0.2, 0) is 25.5 Å². The molecule has 0 aliphatic heterocycles. The summed E-state index contributed by atoms with van der Waals surface area (Å²) < 4.78 is 10.2. The molecule has 0 saturated carbocycles. The Morgan fingerprint density at radius 2 is 1.64 bits per heavy atom. The number of benzene rings is 1. The smallest absolute Gasteiger partial charge is 0.328 e. The van der Waals surface area contributed by atoms with Gasteiger partial charge in [0.05, 0.1) is 6.61 Å². The number of ether oxygens (including phenoxy) is 2. The quantitative estimate of drug-likeness (QED) is 0.653. The maximum absolute atomic E-state index is 12.0. The van der Waals surface area contributed by atoms with Gasteiger partial charge in [-0.2, -0.15) is 0 Å². The Morgan fingerprint density at radius 3 is 2.20 bits per heavy atom. The van der Waals surface area contributed by atoms with Crippen molar-refractivity contribution in [2.24, 2.45) is 0 Å². The van der Waals surface area contributed by atoms with E-state index in [0.717, 1.165) is 6.42 Å². The molecule has 2 atom stereocenters. The van der Waals surface area contributed by atoms with Crippen LogP contribution in [0.25, 0.3) is 0 Å². The van der Waals surface area contributed by atoms with E-state index in [1.807, 2.05) is 12.1 Å². The topological polar surface area (TPSA) is 93.7 Å². The lowest BCUT2D eigenvalue weighted by molar-refractivity contribution is -0.147. The molecule has 1 aromatic rings. The number of amides is 2. The van der Waals surface area contributed by atoms with Crippen LogP contribution in [0, 0.1) is 0 Å². The molecule has 7 nitrogen and oxygen atoms in total. The summed E-state index contributed by atoms with van der Waals surface area (Å²) in [5.74, 6) is -0.833. The summed E-state index contributed by atoms with van der Waals surface area (Å²) in [6.07, 6.45) is 0.928. The molecule has 1 aromatic carbocycles. The zero-order valence-electron chi connectivity index (χ0n) is 15.1. The van der Waals surface area contributed by atoms with Crippen molar-refractivity contribution in [2.75, 3.05) is 13.2 Å². The Labute approximate surface area is 148 Å². The highest BCUT2D eigenvalue weighted by Crippen LogP contribution is 2.12. The van der Waals surface area contributed by atoms with Crippen molar-refractivity contribution in [2.45, 2.75) is 46.2 Å². The summed E-state index contributed by atoms with van der Waals surface area (Å²) in [5, 5.41) is 5.01. The molecule has 0 bridgehead atoms. The fourth-order valence-corrected chi connectivity index (χ4v) is 1.98. The zero-order chi connectivity index (χ0) is 18.8. The summed E-state index contributed by atoms with van der Waals surface area (Å²) in [6.45, 7) is 6.83. The molecule has 2 amide bonds. The highest BCUT2D eigenvalue weighted by atomic mass is 16.5. The maximum Gasteiger partial charge on any atom is 0.328 e. The van der Waals surface area contributed by atoms with Gasteiger partial charge in [0.1, 0.15) is 17.8 Å². The number of rotatable bonds is 9. The highest BCUT2D eigenvalue weighted by Gasteiger charge is 2.21. The predicted octanol–water partition coefficient (Wildman–Crippen LogP) is 1.20. The minimum absolute atomic E-state index is 0.198. The first kappa shape index (κ1) is 20.5. The first-order valence-corrected chi connectivity index (χ1v) is 8.35. The summed E-state index contributed by atoms with van der Waals surface area (Å²) >= 11 is 0. The third-order valence-electron chi connectivity index (χ3n) is 3.47. The molecule has 0 aliphatic carbocycles. The average Bonchev–Trinajstić information content (AvgIpc) is 2.60. The van der Waals surface area contributed by atoms with Crippen LogP contribution in [0.4, 0.5) is 0 Å². The van der Waals surface area contributed by atoms with E-state index in [0.29, 0.717) is 5.75 Å². The van der Waals surface area contributed by atoms with Gasteiger partial charge in [0.15, 0.2) is 6.61 Å². The van der Waals surface area contributed by atoms with Gasteiger partial charge in [0.2, 0.25) is 5.91 Å². The largest absolute Gasteiger partial charge is 0.484 e. The van der Waals surface area contributed by atoms with Gasteiger partial charge in [-0.1, -0.05) is 19.1 Å². The van der Waals surface area contributed by atoms with Crippen molar-refractivity contribution in [3.63, 3.8) is 0 Å². The molecule has 138 valence electrons. The van der Waals surface area contributed by atoms with E-state index in [1.165, 1.54) is 19.4 Å². The predicted molar refractivity (Wildman–Crippen MR) is 93.2 cm³/mol. The number of carbonyl (C=O) groups excluding carboxylic acids is 3. The standard InChI is InChI=1S/C18H26N2O5/c1-5-14-7-9-15(10-8-14)25-11-16(21)19-12(3)17(22)20-13(4)18(23)24-6-2/h7-10,12-13H,5-6,11H2,1-4H3,(H,19,21)(H,20,22). The van der Waals surface area contributed by atoms with Gasteiger partial charge in [-0.15, -0.1) is 0 Å². The average molecular weight is 350 g/mol. The van der Waals surface area contributed by atoms with Crippen LogP contribution in [0.1, 0.15) is 33.3 Å². The zero-order valence-corrected chi connectivity index (χ0v) is 15.1. The van der Waals surface area contributed by atoms with Gasteiger partial charge in [-0.05, 0) is 44.9 Å². The molecule has 7 heteroatoms. The van der Waals surface area contributed by atoms with Crippen LogP contribution in [0.2, 0.25) is 0 Å². The Hall–Kier alpha value is -2.57. The van der Waals surface area contributed by atoms with Gasteiger partial charge in [-0.3, -0.25) is 9.59 Å². The van der Waals surface area contributed by atoms with E-state index in [2.05, 4.69) is 17.6 Å². The maximum atomic E-state index is 12.0. The first-order valence-electron chi connectivity index (χ1n) is 8.35. The third-order valence-corrected chi connectivity index (χ3v) is 3.47. The molecule has 0 fully saturated rings. The SMILES string of the molecule is CCOC(=O)C(C)NC(=O)C(C)NC(=O)COc1ccc(CC)cc1. The Bertz CT molecular complexity index is 586. The molecular weight excluding hydrogens is 324 g/mol. The minimum atomic E-state index is -0.796. The van der Waals surface area contributed by atoms with Crippen molar-refractivity contribution in [1.82, 2.24) is 10.6 Å². The van der Waals surface area contributed by atoms with Crippen LogP contribution >= 0.6 is 0 Å². The number of aryl methyl sites for hydroxylation is 1. The Balaban J connectivity index is 2.39. The van der Waals surface area contributed by atoms with Crippen LogP contribution in [0.5, 0.6) is 5.75 Å². The van der Waals surface area contributed by atoms with E-state index in [-0.39, 0.29) is 13.2 Å². The molecule has 0 radical (unpaired) electrons. The first-order chi connectivity index (χ1) is 11.9. The van der Waals surface area contributed by atoms with E-state index in [1.54, 1.807) is 19.1 Å². The van der Waals surface area contributed by atoms with Crippen LogP contribution < -0.4 is 15.4 Å². The Kier molecular flexibility index (Phi) is 8.46. The fourth-order valence-electron chi connectivity index (χ4n) is 1.98.